The number of aromatic nitrogens is 2. The van der Waals surface area contributed by atoms with Gasteiger partial charge in [-0.1, -0.05) is 0 Å². The van der Waals surface area contributed by atoms with Gasteiger partial charge in [-0.3, -0.25) is 0 Å². The molecule has 0 amide bonds. The van der Waals surface area contributed by atoms with Crippen molar-refractivity contribution in [2.45, 2.75) is 13.1 Å². The molecule has 1 aromatic heterocycles. The van der Waals surface area contributed by atoms with Crippen LogP contribution in [0.15, 0.2) is 12.4 Å². The van der Waals surface area contributed by atoms with Crippen molar-refractivity contribution >= 4 is 11.8 Å². The van der Waals surface area contributed by atoms with Crippen LogP contribution in [0.5, 0.6) is 0 Å². The molecule has 86 valence electrons. The van der Waals surface area contributed by atoms with Crippen LogP contribution in [-0.4, -0.2) is 41.8 Å². The molecule has 0 unspecified atom stereocenters. The first-order valence-corrected chi connectivity index (χ1v) is 6.46. The van der Waals surface area contributed by atoms with E-state index in [1.54, 1.807) is 7.11 Å². The molecule has 0 radical (unpaired) electrons. The lowest BCUT2D eigenvalue weighted by atomic mass is 10.5. The topological polar surface area (TPSA) is 39.1 Å². The Kier molecular flexibility index (Phi) is 6.47. The smallest absolute Gasteiger partial charge is 0.122 e. The molecule has 0 aliphatic carbocycles. The van der Waals surface area contributed by atoms with Gasteiger partial charge >= 0.3 is 0 Å². The molecule has 0 aromatic carbocycles. The summed E-state index contributed by atoms with van der Waals surface area (Å²) >= 11 is 1.85. The van der Waals surface area contributed by atoms with Gasteiger partial charge in [0.25, 0.3) is 0 Å². The summed E-state index contributed by atoms with van der Waals surface area (Å²) in [6.07, 6.45) is 6.00. The van der Waals surface area contributed by atoms with Crippen molar-refractivity contribution in [3.8, 4) is 0 Å². The molecule has 0 aliphatic rings. The number of ether oxygens (including phenoxy) is 1. The van der Waals surface area contributed by atoms with Crippen LogP contribution < -0.4 is 5.32 Å². The van der Waals surface area contributed by atoms with Crippen molar-refractivity contribution in [1.82, 2.24) is 14.9 Å². The third kappa shape index (κ3) is 4.68. The van der Waals surface area contributed by atoms with Gasteiger partial charge in [-0.05, 0) is 6.26 Å². The van der Waals surface area contributed by atoms with Crippen LogP contribution in [0.4, 0.5) is 0 Å². The van der Waals surface area contributed by atoms with Crippen LogP contribution >= 0.6 is 11.8 Å². The number of imidazole rings is 1. The lowest BCUT2D eigenvalue weighted by Crippen LogP contribution is -2.21. The first kappa shape index (κ1) is 12.5. The molecular weight excluding hydrogens is 210 g/mol. The van der Waals surface area contributed by atoms with E-state index in [1.807, 2.05) is 24.2 Å². The second kappa shape index (κ2) is 7.73. The zero-order chi connectivity index (χ0) is 10.9. The Bertz CT molecular complexity index is 265. The fourth-order valence-corrected chi connectivity index (χ4v) is 1.65. The molecule has 0 atom stereocenters. The molecule has 0 saturated carbocycles. The van der Waals surface area contributed by atoms with Gasteiger partial charge in [-0.2, -0.15) is 11.8 Å². The highest BCUT2D eigenvalue weighted by Gasteiger charge is 2.00. The van der Waals surface area contributed by atoms with Crippen molar-refractivity contribution in [2.75, 3.05) is 32.3 Å². The van der Waals surface area contributed by atoms with Crippen LogP contribution in [0.25, 0.3) is 0 Å². The monoisotopic (exact) mass is 229 g/mol. The van der Waals surface area contributed by atoms with Crippen molar-refractivity contribution in [3.63, 3.8) is 0 Å². The Morgan fingerprint density at radius 2 is 2.47 bits per heavy atom. The Morgan fingerprint density at radius 1 is 1.60 bits per heavy atom. The first-order chi connectivity index (χ1) is 7.38. The molecule has 1 aromatic rings. The van der Waals surface area contributed by atoms with Crippen molar-refractivity contribution in [1.29, 1.82) is 0 Å². The second-order valence-electron chi connectivity index (χ2n) is 3.20. The third-order valence-corrected chi connectivity index (χ3v) is 2.69. The Morgan fingerprint density at radius 3 is 3.20 bits per heavy atom. The third-order valence-electron chi connectivity index (χ3n) is 2.10. The van der Waals surface area contributed by atoms with Crippen LogP contribution in [0.2, 0.25) is 0 Å². The van der Waals surface area contributed by atoms with Gasteiger partial charge in [-0.25, -0.2) is 4.98 Å². The number of hydrogen-bond donors (Lipinski definition) is 1. The molecule has 0 aliphatic heterocycles. The molecule has 1 N–H and O–H groups in total. The van der Waals surface area contributed by atoms with E-state index < -0.39 is 0 Å². The average Bonchev–Trinajstić information content (AvgIpc) is 2.69. The summed E-state index contributed by atoms with van der Waals surface area (Å²) in [4.78, 5) is 4.32. The zero-order valence-electron chi connectivity index (χ0n) is 9.40. The molecule has 1 rings (SSSR count). The van der Waals surface area contributed by atoms with Gasteiger partial charge in [0.15, 0.2) is 0 Å². The molecule has 5 heteroatoms. The lowest BCUT2D eigenvalue weighted by molar-refractivity contribution is 0.199. The Hall–Kier alpha value is -0.520. The van der Waals surface area contributed by atoms with Crippen molar-refractivity contribution < 1.29 is 4.74 Å². The summed E-state index contributed by atoms with van der Waals surface area (Å²) in [6.45, 7) is 3.45. The zero-order valence-corrected chi connectivity index (χ0v) is 10.2. The van der Waals surface area contributed by atoms with E-state index in [1.165, 1.54) is 0 Å². The van der Waals surface area contributed by atoms with Crippen LogP contribution in [0, 0.1) is 0 Å². The van der Waals surface area contributed by atoms with Gasteiger partial charge < -0.3 is 14.6 Å². The minimum atomic E-state index is 0.742. The maximum atomic E-state index is 4.96. The Balaban J connectivity index is 2.29. The van der Waals surface area contributed by atoms with Gasteiger partial charge in [0.05, 0.1) is 13.2 Å². The maximum absolute atomic E-state index is 4.96. The van der Waals surface area contributed by atoms with E-state index in [0.717, 1.165) is 37.8 Å². The Labute approximate surface area is 95.4 Å². The van der Waals surface area contributed by atoms with Gasteiger partial charge in [0.1, 0.15) is 5.82 Å². The van der Waals surface area contributed by atoms with Gasteiger partial charge in [0.2, 0.25) is 0 Å². The minimum absolute atomic E-state index is 0.742. The van der Waals surface area contributed by atoms with Crippen LogP contribution in [-0.2, 0) is 17.8 Å². The molecule has 1 heterocycles. The van der Waals surface area contributed by atoms with Crippen LogP contribution in [0.3, 0.4) is 0 Å². The fraction of sp³-hybridized carbons (Fsp3) is 0.700. The lowest BCUT2D eigenvalue weighted by Gasteiger charge is -2.07. The molecular formula is C10H19N3OS. The quantitative estimate of drug-likeness (QED) is 0.675. The SMILES string of the molecule is COCCNCc1nccn1CCSC. The molecule has 15 heavy (non-hydrogen) atoms. The van der Waals surface area contributed by atoms with Crippen molar-refractivity contribution in [3.05, 3.63) is 18.2 Å². The number of rotatable bonds is 8. The molecule has 0 fully saturated rings. The number of nitrogens with one attached hydrogen (secondary N) is 1. The highest BCUT2D eigenvalue weighted by molar-refractivity contribution is 7.98. The van der Waals surface area contributed by atoms with E-state index in [-0.39, 0.29) is 0 Å². The summed E-state index contributed by atoms with van der Waals surface area (Å²) in [5, 5.41) is 3.29. The second-order valence-corrected chi connectivity index (χ2v) is 4.18. The highest BCUT2D eigenvalue weighted by atomic mass is 32.2. The fourth-order valence-electron chi connectivity index (χ4n) is 1.27. The molecule has 0 spiro atoms. The number of methoxy groups -OCH3 is 1. The summed E-state index contributed by atoms with van der Waals surface area (Å²) in [6, 6.07) is 0. The summed E-state index contributed by atoms with van der Waals surface area (Å²) in [5.74, 6) is 2.22. The van der Waals surface area contributed by atoms with E-state index in [9.17, 15) is 0 Å². The van der Waals surface area contributed by atoms with Crippen LogP contribution in [0.1, 0.15) is 5.82 Å². The largest absolute Gasteiger partial charge is 0.383 e. The minimum Gasteiger partial charge on any atom is -0.383 e. The number of nitrogens with zero attached hydrogens (tertiary/aromatic N) is 2. The predicted octanol–water partition coefficient (Wildman–Crippen LogP) is 0.982. The van der Waals surface area contributed by atoms with E-state index >= 15 is 0 Å². The van der Waals surface area contributed by atoms with Crippen molar-refractivity contribution in [2.24, 2.45) is 0 Å². The molecule has 0 bridgehead atoms. The van der Waals surface area contributed by atoms with E-state index in [2.05, 4.69) is 21.1 Å². The number of thioether (sulfide) groups is 1. The normalized spacial score (nSPS) is 10.8. The summed E-state index contributed by atoms with van der Waals surface area (Å²) in [5.41, 5.74) is 0. The number of hydrogen-bond acceptors (Lipinski definition) is 4. The highest BCUT2D eigenvalue weighted by Crippen LogP contribution is 2.00. The number of aryl methyl sites for hydroxylation is 1. The van der Waals surface area contributed by atoms with E-state index in [0.29, 0.717) is 0 Å². The summed E-state index contributed by atoms with van der Waals surface area (Å²) in [7, 11) is 1.71. The standard InChI is InChI=1S/C10H19N3OS/c1-14-7-4-11-9-10-12-3-5-13(10)6-8-15-2/h3,5,11H,4,6-9H2,1-2H3. The summed E-state index contributed by atoms with van der Waals surface area (Å²) < 4.78 is 7.15. The molecule has 0 saturated heterocycles. The molecule has 4 nitrogen and oxygen atoms in total. The van der Waals surface area contributed by atoms with E-state index in [4.69, 9.17) is 4.74 Å². The predicted molar refractivity (Wildman–Crippen MR) is 64.2 cm³/mol. The van der Waals surface area contributed by atoms with Gasteiger partial charge in [-0.15, -0.1) is 0 Å². The van der Waals surface area contributed by atoms with Gasteiger partial charge in [0, 0.05) is 38.3 Å². The average molecular weight is 229 g/mol. The maximum Gasteiger partial charge on any atom is 0.122 e. The first-order valence-electron chi connectivity index (χ1n) is 5.07.